The molecule has 0 bridgehead atoms. The molecule has 2 heterocycles. The van der Waals surface area contributed by atoms with Crippen LogP contribution < -0.4 is 0 Å². The van der Waals surface area contributed by atoms with Gasteiger partial charge in [-0.15, -0.1) is 0 Å². The van der Waals surface area contributed by atoms with Gasteiger partial charge in [-0.2, -0.15) is 4.98 Å². The first-order valence-electron chi connectivity index (χ1n) is 7.88. The number of phenolic OH excluding ortho intramolecular Hbond substituents is 1. The van der Waals surface area contributed by atoms with E-state index >= 15 is 0 Å². The number of carbonyl (C=O) groups is 1. The number of aromatic hydroxyl groups is 1. The molecule has 1 aliphatic heterocycles. The van der Waals surface area contributed by atoms with E-state index in [0.29, 0.717) is 37.9 Å². The van der Waals surface area contributed by atoms with E-state index in [1.807, 2.05) is 6.92 Å². The molecule has 1 aromatic carbocycles. The first-order valence-corrected chi connectivity index (χ1v) is 8.26. The minimum absolute atomic E-state index is 0.0598. The zero-order chi connectivity index (χ0) is 18.1. The third kappa shape index (κ3) is 3.59. The number of halogens is 2. The van der Waals surface area contributed by atoms with Crippen LogP contribution in [0.2, 0.25) is 5.02 Å². The number of nitrogens with zero attached hydrogens (tertiary/aromatic N) is 4. The van der Waals surface area contributed by atoms with Crippen LogP contribution in [-0.4, -0.2) is 57.1 Å². The molecule has 9 heteroatoms. The molecule has 1 atom stereocenters. The van der Waals surface area contributed by atoms with Gasteiger partial charge < -0.3 is 14.5 Å². The summed E-state index contributed by atoms with van der Waals surface area (Å²) in [6.45, 7) is 5.78. The van der Waals surface area contributed by atoms with Gasteiger partial charge in [0.25, 0.3) is 5.91 Å². The summed E-state index contributed by atoms with van der Waals surface area (Å²) in [5.41, 5.74) is -0.126. The Labute approximate surface area is 149 Å². The first-order chi connectivity index (χ1) is 11.9. The minimum atomic E-state index is -0.662. The zero-order valence-electron chi connectivity index (χ0n) is 13.9. The Morgan fingerprint density at radius 1 is 1.36 bits per heavy atom. The normalized spacial score (nSPS) is 16.9. The lowest BCUT2D eigenvalue weighted by molar-refractivity contribution is 0.0548. The lowest BCUT2D eigenvalue weighted by Crippen LogP contribution is -2.49. The lowest BCUT2D eigenvalue weighted by atomic mass is 10.1. The number of aromatic nitrogens is 2. The molecule has 1 fully saturated rings. The van der Waals surface area contributed by atoms with E-state index in [1.165, 1.54) is 0 Å². The van der Waals surface area contributed by atoms with Gasteiger partial charge in [-0.25, -0.2) is 4.39 Å². The summed E-state index contributed by atoms with van der Waals surface area (Å²) in [7, 11) is 0. The topological polar surface area (TPSA) is 82.7 Å². The number of hydrogen-bond donors (Lipinski definition) is 1. The minimum Gasteiger partial charge on any atom is -0.506 e. The molecule has 25 heavy (non-hydrogen) atoms. The fourth-order valence-electron chi connectivity index (χ4n) is 2.85. The maximum absolute atomic E-state index is 13.5. The van der Waals surface area contributed by atoms with Gasteiger partial charge in [0, 0.05) is 26.2 Å². The highest BCUT2D eigenvalue weighted by atomic mass is 35.5. The fraction of sp³-hybridized carbons (Fsp3) is 0.438. The molecule has 0 radical (unpaired) electrons. The van der Waals surface area contributed by atoms with Crippen LogP contribution in [0.4, 0.5) is 4.39 Å². The number of aryl methyl sites for hydroxylation is 1. The van der Waals surface area contributed by atoms with Gasteiger partial charge in [0.1, 0.15) is 11.6 Å². The van der Waals surface area contributed by atoms with E-state index in [0.717, 1.165) is 12.1 Å². The van der Waals surface area contributed by atoms with Gasteiger partial charge in [0.15, 0.2) is 5.82 Å². The van der Waals surface area contributed by atoms with Crippen LogP contribution in [0.3, 0.4) is 0 Å². The molecule has 1 aromatic heterocycles. The Morgan fingerprint density at radius 3 is 2.64 bits per heavy atom. The summed E-state index contributed by atoms with van der Waals surface area (Å²) in [5.74, 6) is -0.392. The van der Waals surface area contributed by atoms with Crippen molar-refractivity contribution in [1.82, 2.24) is 19.9 Å². The van der Waals surface area contributed by atoms with Crippen molar-refractivity contribution in [2.45, 2.75) is 19.9 Å². The number of rotatable bonds is 3. The highest BCUT2D eigenvalue weighted by Crippen LogP contribution is 2.30. The Kier molecular flexibility index (Phi) is 4.91. The number of hydrogen-bond acceptors (Lipinski definition) is 6. The van der Waals surface area contributed by atoms with Crippen molar-refractivity contribution in [1.29, 1.82) is 0 Å². The SMILES string of the molecule is Cc1noc(C(C)N2CCN(C(=O)c3cc(F)cc(Cl)c3O)CC2)n1. The van der Waals surface area contributed by atoms with Crippen LogP contribution in [0, 0.1) is 12.7 Å². The number of phenols is 1. The number of benzene rings is 1. The molecule has 1 aliphatic rings. The molecular weight excluding hydrogens is 351 g/mol. The molecule has 0 saturated carbocycles. The van der Waals surface area contributed by atoms with E-state index in [1.54, 1.807) is 11.8 Å². The average Bonchev–Trinajstić information content (AvgIpc) is 3.03. The Bertz CT molecular complexity index is 790. The predicted octanol–water partition coefficient (Wildman–Crippen LogP) is 2.40. The van der Waals surface area contributed by atoms with Crippen molar-refractivity contribution in [2.75, 3.05) is 26.2 Å². The standard InChI is InChI=1S/C16H18ClFN4O3/c1-9(15-19-10(2)20-25-15)21-3-5-22(6-4-21)16(24)12-7-11(18)8-13(17)14(12)23/h7-9,23H,3-6H2,1-2H3. The maximum Gasteiger partial charge on any atom is 0.257 e. The van der Waals surface area contributed by atoms with Gasteiger partial charge >= 0.3 is 0 Å². The Balaban J connectivity index is 1.67. The van der Waals surface area contributed by atoms with E-state index in [-0.39, 0.29) is 16.6 Å². The van der Waals surface area contributed by atoms with Crippen LogP contribution in [-0.2, 0) is 0 Å². The van der Waals surface area contributed by atoms with Gasteiger partial charge in [-0.1, -0.05) is 16.8 Å². The van der Waals surface area contributed by atoms with Crippen LogP contribution in [0.15, 0.2) is 16.7 Å². The summed E-state index contributed by atoms with van der Waals surface area (Å²) in [4.78, 5) is 20.5. The molecule has 7 nitrogen and oxygen atoms in total. The second-order valence-electron chi connectivity index (χ2n) is 5.97. The molecule has 0 spiro atoms. The summed E-state index contributed by atoms with van der Waals surface area (Å²) >= 11 is 5.74. The molecule has 0 aliphatic carbocycles. The summed E-state index contributed by atoms with van der Waals surface area (Å²) < 4.78 is 18.7. The summed E-state index contributed by atoms with van der Waals surface area (Å²) in [6, 6.07) is 1.91. The summed E-state index contributed by atoms with van der Waals surface area (Å²) in [6.07, 6.45) is 0. The van der Waals surface area contributed by atoms with Gasteiger partial charge in [-0.3, -0.25) is 9.69 Å². The smallest absolute Gasteiger partial charge is 0.257 e. The number of carbonyl (C=O) groups excluding carboxylic acids is 1. The molecule has 2 aromatic rings. The monoisotopic (exact) mass is 368 g/mol. The van der Waals surface area contributed by atoms with Crippen molar-refractivity contribution in [3.05, 3.63) is 40.3 Å². The molecule has 3 rings (SSSR count). The van der Waals surface area contributed by atoms with Crippen molar-refractivity contribution >= 4 is 17.5 Å². The van der Waals surface area contributed by atoms with Crippen molar-refractivity contribution in [3.63, 3.8) is 0 Å². The highest BCUT2D eigenvalue weighted by molar-refractivity contribution is 6.32. The number of amides is 1. The van der Waals surface area contributed by atoms with Crippen LogP contribution in [0.1, 0.15) is 35.0 Å². The van der Waals surface area contributed by atoms with Gasteiger partial charge in [-0.05, 0) is 26.0 Å². The van der Waals surface area contributed by atoms with E-state index in [9.17, 15) is 14.3 Å². The van der Waals surface area contributed by atoms with Crippen molar-refractivity contribution in [3.8, 4) is 5.75 Å². The van der Waals surface area contributed by atoms with Gasteiger partial charge in [0.2, 0.25) is 5.89 Å². The lowest BCUT2D eigenvalue weighted by Gasteiger charge is -2.36. The van der Waals surface area contributed by atoms with Crippen LogP contribution >= 0.6 is 11.6 Å². The largest absolute Gasteiger partial charge is 0.506 e. The number of piperazine rings is 1. The third-order valence-electron chi connectivity index (χ3n) is 4.31. The van der Waals surface area contributed by atoms with Crippen LogP contribution in [0.5, 0.6) is 5.75 Å². The second kappa shape index (κ2) is 6.97. The Morgan fingerprint density at radius 2 is 2.04 bits per heavy atom. The first kappa shape index (κ1) is 17.6. The molecule has 1 saturated heterocycles. The molecule has 134 valence electrons. The fourth-order valence-corrected chi connectivity index (χ4v) is 3.06. The van der Waals surface area contributed by atoms with E-state index < -0.39 is 17.5 Å². The molecule has 1 N–H and O–H groups in total. The van der Waals surface area contributed by atoms with Gasteiger partial charge in [0.05, 0.1) is 16.6 Å². The molecule has 1 unspecified atom stereocenters. The van der Waals surface area contributed by atoms with Crippen molar-refractivity contribution < 1.29 is 18.8 Å². The quantitative estimate of drug-likeness (QED) is 0.895. The predicted molar refractivity (Wildman–Crippen MR) is 88.0 cm³/mol. The third-order valence-corrected chi connectivity index (χ3v) is 4.60. The average molecular weight is 369 g/mol. The maximum atomic E-state index is 13.5. The van der Waals surface area contributed by atoms with E-state index in [2.05, 4.69) is 15.0 Å². The second-order valence-corrected chi connectivity index (χ2v) is 6.37. The highest BCUT2D eigenvalue weighted by Gasteiger charge is 2.29. The summed E-state index contributed by atoms with van der Waals surface area (Å²) in [5, 5.41) is 13.5. The Hall–Kier alpha value is -2.19. The van der Waals surface area contributed by atoms with E-state index in [4.69, 9.17) is 16.1 Å². The molecule has 1 amide bonds. The molecular formula is C16H18ClFN4O3. The van der Waals surface area contributed by atoms with Crippen molar-refractivity contribution in [2.24, 2.45) is 0 Å². The zero-order valence-corrected chi connectivity index (χ0v) is 14.6. The van der Waals surface area contributed by atoms with Crippen LogP contribution in [0.25, 0.3) is 0 Å².